The largest absolute Gasteiger partial charge is 0.351 e. The molecule has 2 saturated heterocycles. The summed E-state index contributed by atoms with van der Waals surface area (Å²) >= 11 is 3.35. The van der Waals surface area contributed by atoms with Gasteiger partial charge in [-0.3, -0.25) is 14.6 Å². The Morgan fingerprint density at radius 1 is 1.23 bits per heavy atom. The van der Waals surface area contributed by atoms with Gasteiger partial charge in [0.15, 0.2) is 0 Å². The Kier molecular flexibility index (Phi) is 9.85. The van der Waals surface area contributed by atoms with E-state index in [2.05, 4.69) is 31.5 Å². The van der Waals surface area contributed by atoms with Crippen LogP contribution in [0, 0.1) is 5.92 Å². The molecule has 2 fully saturated rings. The van der Waals surface area contributed by atoms with E-state index in [9.17, 15) is 9.59 Å². The third-order valence-corrected chi connectivity index (χ3v) is 5.11. The normalized spacial score (nSPS) is 22.6. The summed E-state index contributed by atoms with van der Waals surface area (Å²) in [5.41, 5.74) is 0.577. The Morgan fingerprint density at radius 2 is 2.04 bits per heavy atom. The van der Waals surface area contributed by atoms with Gasteiger partial charge in [-0.1, -0.05) is 0 Å². The number of nitrogens with one attached hydrogen (secondary N) is 2. The molecule has 0 bridgehead atoms. The average molecular weight is 468 g/mol. The molecule has 1 aromatic heterocycles. The van der Waals surface area contributed by atoms with Gasteiger partial charge in [0.05, 0.1) is 11.5 Å². The van der Waals surface area contributed by atoms with E-state index in [-0.39, 0.29) is 48.6 Å². The van der Waals surface area contributed by atoms with Crippen LogP contribution >= 0.6 is 40.7 Å². The van der Waals surface area contributed by atoms with Crippen LogP contribution in [0.15, 0.2) is 22.9 Å². The molecule has 1 aromatic rings. The number of amides is 2. The van der Waals surface area contributed by atoms with E-state index in [1.807, 2.05) is 4.90 Å². The molecule has 146 valence electrons. The third-order valence-electron chi connectivity index (χ3n) is 4.67. The van der Waals surface area contributed by atoms with E-state index < -0.39 is 0 Å². The van der Waals surface area contributed by atoms with E-state index in [4.69, 9.17) is 0 Å². The molecule has 6 nitrogen and oxygen atoms in total. The first-order valence-electron chi connectivity index (χ1n) is 8.54. The molecule has 2 amide bonds. The van der Waals surface area contributed by atoms with E-state index in [1.54, 1.807) is 18.5 Å². The molecule has 3 heterocycles. The fraction of sp³-hybridized carbons (Fsp3) is 0.588. The van der Waals surface area contributed by atoms with Gasteiger partial charge in [0.25, 0.3) is 5.91 Å². The molecule has 2 N–H and O–H groups in total. The maximum absolute atomic E-state index is 12.6. The van der Waals surface area contributed by atoms with Crippen LogP contribution in [0.4, 0.5) is 0 Å². The standard InChI is InChI=1S/C17H23BrN4O2.2ClH/c18-14-7-13(9-20-10-14)17(24)22-6-2-4-15(11-22)21-16(23)12-3-1-5-19-8-12;;/h7,9-10,12,15,19H,1-6,8,11H2,(H,21,23);2*1H. The number of carbonyl (C=O) groups is 2. The van der Waals surface area contributed by atoms with E-state index in [1.165, 1.54) is 0 Å². The lowest BCUT2D eigenvalue weighted by Gasteiger charge is -2.34. The fourth-order valence-electron chi connectivity index (χ4n) is 3.39. The highest BCUT2D eigenvalue weighted by Crippen LogP contribution is 2.17. The highest BCUT2D eigenvalue weighted by Gasteiger charge is 2.28. The molecule has 2 atom stereocenters. The Hall–Kier alpha value is -0.890. The van der Waals surface area contributed by atoms with Crippen LogP contribution in [0.5, 0.6) is 0 Å². The summed E-state index contributed by atoms with van der Waals surface area (Å²) in [4.78, 5) is 30.9. The summed E-state index contributed by atoms with van der Waals surface area (Å²) in [6.07, 6.45) is 7.06. The van der Waals surface area contributed by atoms with Crippen LogP contribution in [0.25, 0.3) is 0 Å². The number of rotatable bonds is 3. The second kappa shape index (κ2) is 11.1. The highest BCUT2D eigenvalue weighted by molar-refractivity contribution is 9.10. The maximum Gasteiger partial charge on any atom is 0.255 e. The molecule has 0 saturated carbocycles. The number of hydrogen-bond acceptors (Lipinski definition) is 4. The second-order valence-corrected chi connectivity index (χ2v) is 7.45. The van der Waals surface area contributed by atoms with Gasteiger partial charge in [-0.05, 0) is 54.2 Å². The number of aromatic nitrogens is 1. The van der Waals surface area contributed by atoms with Crippen molar-refractivity contribution in [1.82, 2.24) is 20.5 Å². The number of piperidine rings is 2. The van der Waals surface area contributed by atoms with Gasteiger partial charge >= 0.3 is 0 Å². The quantitative estimate of drug-likeness (QED) is 0.715. The SMILES string of the molecule is Cl.Cl.O=C(NC1CCCN(C(=O)c2cncc(Br)c2)C1)C1CCCNC1. The van der Waals surface area contributed by atoms with Gasteiger partial charge < -0.3 is 15.5 Å². The van der Waals surface area contributed by atoms with Crippen molar-refractivity contribution in [2.75, 3.05) is 26.2 Å². The van der Waals surface area contributed by atoms with Crippen molar-refractivity contribution in [3.8, 4) is 0 Å². The zero-order valence-electron chi connectivity index (χ0n) is 14.4. The molecule has 0 spiro atoms. The van der Waals surface area contributed by atoms with E-state index in [0.717, 1.165) is 49.8 Å². The molecule has 2 aliphatic heterocycles. The molecule has 9 heteroatoms. The van der Waals surface area contributed by atoms with Crippen LogP contribution in [-0.4, -0.2) is 53.9 Å². The number of hydrogen-bond donors (Lipinski definition) is 2. The van der Waals surface area contributed by atoms with Crippen LogP contribution in [0.2, 0.25) is 0 Å². The summed E-state index contributed by atoms with van der Waals surface area (Å²) in [5, 5.41) is 6.41. The van der Waals surface area contributed by atoms with Crippen LogP contribution in [0.1, 0.15) is 36.0 Å². The van der Waals surface area contributed by atoms with Gasteiger partial charge in [0, 0.05) is 42.5 Å². The number of nitrogens with zero attached hydrogens (tertiary/aromatic N) is 2. The minimum Gasteiger partial charge on any atom is -0.351 e. The molecule has 2 unspecified atom stereocenters. The lowest BCUT2D eigenvalue weighted by Crippen LogP contribution is -2.52. The van der Waals surface area contributed by atoms with Gasteiger partial charge in [-0.2, -0.15) is 0 Å². The average Bonchev–Trinajstić information content (AvgIpc) is 2.62. The molecule has 2 aliphatic rings. The number of halogens is 3. The van der Waals surface area contributed by atoms with Crippen LogP contribution in [0.3, 0.4) is 0 Å². The molecule has 0 aliphatic carbocycles. The maximum atomic E-state index is 12.6. The number of pyridine rings is 1. The molecule has 3 rings (SSSR count). The Bertz CT molecular complexity index is 614. The van der Waals surface area contributed by atoms with Crippen molar-refractivity contribution in [3.05, 3.63) is 28.5 Å². The molecular formula is C17H25BrCl2N4O2. The highest BCUT2D eigenvalue weighted by atomic mass is 79.9. The molecule has 0 radical (unpaired) electrons. The summed E-state index contributed by atoms with van der Waals surface area (Å²) in [6.45, 7) is 3.04. The van der Waals surface area contributed by atoms with Gasteiger partial charge in [0.1, 0.15) is 0 Å². The monoisotopic (exact) mass is 466 g/mol. The molecular weight excluding hydrogens is 443 g/mol. The zero-order chi connectivity index (χ0) is 16.9. The predicted octanol–water partition coefficient (Wildman–Crippen LogP) is 2.41. The Labute approximate surface area is 174 Å². The summed E-state index contributed by atoms with van der Waals surface area (Å²) in [5.74, 6) is 0.145. The fourth-order valence-corrected chi connectivity index (χ4v) is 3.75. The van der Waals surface area contributed by atoms with E-state index in [0.29, 0.717) is 12.1 Å². The van der Waals surface area contributed by atoms with Gasteiger partial charge in [0.2, 0.25) is 5.91 Å². The summed E-state index contributed by atoms with van der Waals surface area (Å²) in [7, 11) is 0. The Morgan fingerprint density at radius 3 is 2.73 bits per heavy atom. The summed E-state index contributed by atoms with van der Waals surface area (Å²) in [6, 6.07) is 1.82. The van der Waals surface area contributed by atoms with Crippen LogP contribution < -0.4 is 10.6 Å². The third kappa shape index (κ3) is 6.08. The van der Waals surface area contributed by atoms with Gasteiger partial charge in [-0.15, -0.1) is 24.8 Å². The lowest BCUT2D eigenvalue weighted by atomic mass is 9.97. The van der Waals surface area contributed by atoms with Crippen LogP contribution in [-0.2, 0) is 4.79 Å². The molecule has 26 heavy (non-hydrogen) atoms. The lowest BCUT2D eigenvalue weighted by molar-refractivity contribution is -0.126. The first-order valence-corrected chi connectivity index (χ1v) is 9.33. The van der Waals surface area contributed by atoms with Crippen molar-refractivity contribution >= 4 is 52.6 Å². The minimum atomic E-state index is -0.0258. The first kappa shape index (κ1) is 23.1. The molecule has 0 aromatic carbocycles. The topological polar surface area (TPSA) is 74.3 Å². The van der Waals surface area contributed by atoms with E-state index >= 15 is 0 Å². The van der Waals surface area contributed by atoms with Crippen molar-refractivity contribution in [3.63, 3.8) is 0 Å². The second-order valence-electron chi connectivity index (χ2n) is 6.53. The van der Waals surface area contributed by atoms with Gasteiger partial charge in [-0.25, -0.2) is 0 Å². The Balaban J connectivity index is 0.00000169. The van der Waals surface area contributed by atoms with Crippen molar-refractivity contribution in [2.24, 2.45) is 5.92 Å². The predicted molar refractivity (Wildman–Crippen MR) is 109 cm³/mol. The zero-order valence-corrected chi connectivity index (χ0v) is 17.7. The van der Waals surface area contributed by atoms with Crippen molar-refractivity contribution in [1.29, 1.82) is 0 Å². The minimum absolute atomic E-state index is 0. The van der Waals surface area contributed by atoms with Crippen molar-refractivity contribution in [2.45, 2.75) is 31.7 Å². The summed E-state index contributed by atoms with van der Waals surface area (Å²) < 4.78 is 0.792. The smallest absolute Gasteiger partial charge is 0.255 e. The number of carbonyl (C=O) groups excluding carboxylic acids is 2. The van der Waals surface area contributed by atoms with Crippen molar-refractivity contribution < 1.29 is 9.59 Å². The number of likely N-dealkylation sites (tertiary alicyclic amines) is 1. The first-order chi connectivity index (χ1) is 11.6.